The summed E-state index contributed by atoms with van der Waals surface area (Å²) in [5.74, 6) is -1.02. The third-order valence-electron chi connectivity index (χ3n) is 22.3. The van der Waals surface area contributed by atoms with Gasteiger partial charge in [0.15, 0.2) is 45.9 Å². The van der Waals surface area contributed by atoms with Crippen LogP contribution in [0.15, 0.2) is 191 Å². The quantitative estimate of drug-likeness (QED) is 0.135. The molecule has 0 saturated carbocycles. The van der Waals surface area contributed by atoms with Crippen molar-refractivity contribution >= 4 is 68.1 Å². The highest BCUT2D eigenvalue weighted by atomic mass is 19.1. The van der Waals surface area contributed by atoms with Crippen LogP contribution in [0, 0.1) is 51.0 Å². The second kappa shape index (κ2) is 31.0. The third-order valence-corrected chi connectivity index (χ3v) is 22.3. The van der Waals surface area contributed by atoms with Crippen molar-refractivity contribution < 1.29 is 17.6 Å². The summed E-state index contributed by atoms with van der Waals surface area (Å²) < 4.78 is 70.5. The Bertz CT molecular complexity index is 6830. The number of imidazole rings is 4. The van der Waals surface area contributed by atoms with Crippen molar-refractivity contribution in [2.45, 2.75) is 59.5 Å². The van der Waals surface area contributed by atoms with E-state index in [-0.39, 0.29) is 39.2 Å². The molecule has 5 saturated heterocycles. The van der Waals surface area contributed by atoms with Gasteiger partial charge in [-0.3, -0.25) is 41.7 Å². The van der Waals surface area contributed by atoms with E-state index < -0.39 is 23.3 Å². The van der Waals surface area contributed by atoms with E-state index >= 15 is 0 Å². The number of hydrogen-bond acceptors (Lipinski definition) is 20. The van der Waals surface area contributed by atoms with Gasteiger partial charge >= 0.3 is 0 Å². The zero-order valence-electron chi connectivity index (χ0n) is 65.3. The first-order valence-corrected chi connectivity index (χ1v) is 39.2. The summed E-state index contributed by atoms with van der Waals surface area (Å²) in [6.07, 6.45) is 23.8. The topological polar surface area (TPSA) is 250 Å². The molecule has 5 aliphatic heterocycles. The number of pyridine rings is 8. The largest absolute Gasteiger partial charge is 0.368 e. The molecule has 16 aromatic heterocycles. The van der Waals surface area contributed by atoms with Crippen LogP contribution in [-0.4, -0.2) is 202 Å². The molecule has 5 aliphatic rings. The van der Waals surface area contributed by atoms with Gasteiger partial charge in [-0.25, -0.2) is 57.4 Å². The predicted molar refractivity (Wildman–Crippen MR) is 443 cm³/mol. The Morgan fingerprint density at radius 3 is 1.22 bits per heavy atom. The molecule has 0 radical (unpaired) electrons. The number of halogens is 4. The van der Waals surface area contributed by atoms with Crippen LogP contribution in [0.2, 0.25) is 0 Å². The Morgan fingerprint density at radius 1 is 0.359 bits per heavy atom. The van der Waals surface area contributed by atoms with Crippen LogP contribution in [0.5, 0.6) is 0 Å². The van der Waals surface area contributed by atoms with Crippen LogP contribution >= 0.6 is 0 Å². The molecule has 21 heterocycles. The molecule has 2 N–H and O–H groups in total. The molecule has 28 nitrogen and oxygen atoms in total. The van der Waals surface area contributed by atoms with Crippen molar-refractivity contribution in [1.82, 2.24) is 95.5 Å². The normalized spacial score (nSPS) is 16.8. The molecule has 0 bridgehead atoms. The summed E-state index contributed by atoms with van der Waals surface area (Å²) in [5, 5.41) is 6.71. The first kappa shape index (κ1) is 75.3. The van der Waals surface area contributed by atoms with Crippen molar-refractivity contribution in [1.29, 1.82) is 0 Å². The van der Waals surface area contributed by atoms with Crippen molar-refractivity contribution in [2.75, 3.05) is 125 Å². The van der Waals surface area contributed by atoms with Gasteiger partial charge in [-0.05, 0) is 134 Å². The van der Waals surface area contributed by atoms with Gasteiger partial charge in [0, 0.05) is 230 Å². The Hall–Kier alpha value is -13.0. The minimum Gasteiger partial charge on any atom is -0.368 e. The monoisotopic (exact) mass is 1580 g/mol. The van der Waals surface area contributed by atoms with Gasteiger partial charge in [0.25, 0.3) is 22.2 Å². The average molecular weight is 1580 g/mol. The highest BCUT2D eigenvalue weighted by molar-refractivity contribution is 5.70. The first-order valence-electron chi connectivity index (χ1n) is 39.2. The summed E-state index contributed by atoms with van der Waals surface area (Å²) in [6.45, 7) is 23.5. The fourth-order valence-electron chi connectivity index (χ4n) is 16.3. The maximum absolute atomic E-state index is 14.5. The van der Waals surface area contributed by atoms with E-state index in [0.29, 0.717) is 85.5 Å². The molecule has 16 aromatic rings. The minimum absolute atomic E-state index is 0.152. The van der Waals surface area contributed by atoms with Crippen LogP contribution in [0.3, 0.4) is 0 Å². The molecule has 32 heteroatoms. The standard InChI is InChI=1S/C23H23FN6O.2C21H21FN6O.C20H19FN6O/c1-15-11-29-12-16(9-19(24)23(29)25-15)20-10-22(31)30-14-18(4-5-21(30)26-20)28-8-7-27-6-2-3-17(27)13-28;1-14-11-27-12-15(9-17(22)21(27)23-14)18-10-20(29)28-13-16(3-4-19(28)24-18)26-7-5-25(2)6-8-26;1-13-9-26(6-5-23-13)16-3-4-19-25-18(8-20(29)28(19)12-16)15-7-17(22)21-24-14(2)10-27(21)11-15;1-13-10-26-11-15(8-16(21)20(26)23-13)14-2-3-17-24-18(9-19(28)27(17)12-14)25-6-4-22-5-7-25/h4-5,9-12,14,17H,2-3,6-8,13H2,1H3;3-4,9-13H,5-8H2,1-2H3;3-4,7-8,10-13,23H,5-6,9H2,1-2H3;2-3,8-12,22H,4-7H2,1H3/t17-;;13-;/m0.1./s1. The van der Waals surface area contributed by atoms with E-state index in [9.17, 15) is 36.7 Å². The fourth-order valence-corrected chi connectivity index (χ4v) is 16.3. The summed E-state index contributed by atoms with van der Waals surface area (Å²) >= 11 is 0. The van der Waals surface area contributed by atoms with E-state index in [1.54, 1.807) is 92.5 Å². The van der Waals surface area contributed by atoms with Gasteiger partial charge in [0.05, 0.1) is 56.9 Å². The van der Waals surface area contributed by atoms with Crippen LogP contribution in [0.4, 0.5) is 40.4 Å². The zero-order valence-corrected chi connectivity index (χ0v) is 65.3. The van der Waals surface area contributed by atoms with Gasteiger partial charge in [0.2, 0.25) is 0 Å². The maximum Gasteiger partial charge on any atom is 0.259 e. The molecule has 0 amide bonds. The molecule has 0 spiro atoms. The molecule has 5 fully saturated rings. The molecular formula is C85H84F4N24O4. The smallest absolute Gasteiger partial charge is 0.259 e. The van der Waals surface area contributed by atoms with Gasteiger partial charge in [-0.2, -0.15) is 0 Å². The Kier molecular flexibility index (Phi) is 19.9. The number of likely N-dealkylation sites (N-methyl/N-ethyl adjacent to an activating group) is 1. The van der Waals surface area contributed by atoms with E-state index in [1.165, 1.54) is 66.3 Å². The molecule has 0 aliphatic carbocycles. The molecule has 2 atom stereocenters. The zero-order chi connectivity index (χ0) is 80.6. The predicted octanol–water partition coefficient (Wildman–Crippen LogP) is 9.07. The third kappa shape index (κ3) is 15.3. The number of rotatable bonds is 8. The lowest BCUT2D eigenvalue weighted by molar-refractivity contribution is 0.231. The van der Waals surface area contributed by atoms with Gasteiger partial charge in [-0.15, -0.1) is 0 Å². The number of fused-ring (bicyclic) bond motifs is 9. The van der Waals surface area contributed by atoms with E-state index in [1.807, 2.05) is 94.9 Å². The average Bonchev–Trinajstić information content (AvgIpc) is 1.76. The Labute approximate surface area is 666 Å². The van der Waals surface area contributed by atoms with Crippen molar-refractivity contribution in [3.8, 4) is 44.9 Å². The molecule has 0 unspecified atom stereocenters. The maximum atomic E-state index is 14.5. The number of anilines is 4. The lowest BCUT2D eigenvalue weighted by Crippen LogP contribution is -2.50. The number of nitrogens with one attached hydrogen (secondary N) is 2. The SMILES string of the molecule is Cc1cn2cc(-c3cc(=O)n4cc(N5CCN(C)CC5)ccc4n3)cc(F)c2n1.Cc1cn2cc(-c3cc(=O)n4cc(N5CCN6CCC[C@H]6C5)ccc4n3)cc(F)c2n1.Cc1cn2cc(-c3cc(=O)n4cc(N5CCN[C@H](C)C5)ccc4n3)cc(F)c2n1.Cc1cn2cc(-c3ccc4nc(N5CCNCC5)cc(=O)n4c3)cc(F)c2n1. The second-order valence-corrected chi connectivity index (χ2v) is 30.8. The van der Waals surface area contributed by atoms with Gasteiger partial charge < -0.3 is 52.7 Å². The van der Waals surface area contributed by atoms with Crippen molar-refractivity contribution in [2.24, 2.45) is 0 Å². The Balaban J connectivity index is 0.000000108. The molecule has 21 rings (SSSR count). The second-order valence-electron chi connectivity index (χ2n) is 30.8. The molecule has 117 heavy (non-hydrogen) atoms. The lowest BCUT2D eigenvalue weighted by atomic mass is 10.1. The fraction of sp³-hybridized carbons (Fsp3) is 0.294. The first-order chi connectivity index (χ1) is 56.6. The van der Waals surface area contributed by atoms with E-state index in [0.717, 1.165) is 137 Å². The Morgan fingerprint density at radius 2 is 0.752 bits per heavy atom. The highest BCUT2D eigenvalue weighted by Gasteiger charge is 2.31. The number of aromatic nitrogens is 16. The summed E-state index contributed by atoms with van der Waals surface area (Å²) in [5.41, 5.74) is 12.9. The number of hydrogen-bond donors (Lipinski definition) is 2. The summed E-state index contributed by atoms with van der Waals surface area (Å²) in [7, 11) is 2.11. The van der Waals surface area contributed by atoms with E-state index in [4.69, 9.17) is 0 Å². The van der Waals surface area contributed by atoms with E-state index in [2.05, 4.69) is 93.9 Å². The van der Waals surface area contributed by atoms with Gasteiger partial charge in [0.1, 0.15) is 28.4 Å². The van der Waals surface area contributed by atoms with Crippen molar-refractivity contribution in [3.63, 3.8) is 0 Å². The molecular weight excluding hydrogens is 1500 g/mol. The number of aryl methyl sites for hydroxylation is 4. The van der Waals surface area contributed by atoms with Crippen LogP contribution < -0.4 is 52.5 Å². The van der Waals surface area contributed by atoms with Crippen LogP contribution in [0.1, 0.15) is 42.5 Å². The summed E-state index contributed by atoms with van der Waals surface area (Å²) in [6, 6.07) is 27.7. The molecule has 0 aromatic carbocycles. The number of piperazine rings is 4. The summed E-state index contributed by atoms with van der Waals surface area (Å²) in [4.78, 5) is 100. The molecule has 596 valence electrons. The minimum atomic E-state index is -0.444. The van der Waals surface area contributed by atoms with Gasteiger partial charge in [-0.1, -0.05) is 0 Å². The van der Waals surface area contributed by atoms with Crippen molar-refractivity contribution in [3.05, 3.63) is 259 Å². The lowest BCUT2D eigenvalue weighted by Gasteiger charge is -2.38. The van der Waals surface area contributed by atoms with Crippen LogP contribution in [-0.2, 0) is 0 Å². The van der Waals surface area contributed by atoms with Crippen LogP contribution in [0.25, 0.3) is 90.1 Å². The number of nitrogens with zero attached hydrogens (tertiary/aromatic N) is 22. The highest BCUT2D eigenvalue weighted by Crippen LogP contribution is 2.31.